The number of aromatic nitrogens is 4. The minimum Gasteiger partial charge on any atom is -0.334 e. The zero-order valence-corrected chi connectivity index (χ0v) is 13.4. The fourth-order valence-corrected chi connectivity index (χ4v) is 3.19. The van der Waals surface area contributed by atoms with Crippen LogP contribution in [0.2, 0.25) is 0 Å². The lowest BCUT2D eigenvalue weighted by molar-refractivity contribution is 0.612. The monoisotopic (exact) mass is 320 g/mol. The molecular weight excluding hydrogens is 300 g/mol. The van der Waals surface area contributed by atoms with Crippen LogP contribution in [0, 0.1) is 23.7 Å². The van der Waals surface area contributed by atoms with Crippen LogP contribution in [0.1, 0.15) is 60.8 Å². The largest absolute Gasteiger partial charge is 0.334 e. The molecule has 2 aromatic heterocycles. The summed E-state index contributed by atoms with van der Waals surface area (Å²) in [5.74, 6) is 13.7. The van der Waals surface area contributed by atoms with Crippen molar-refractivity contribution in [2.24, 2.45) is 0 Å². The van der Waals surface area contributed by atoms with Gasteiger partial charge >= 0.3 is 0 Å². The molecule has 4 heterocycles. The van der Waals surface area contributed by atoms with Gasteiger partial charge in [0, 0.05) is 0 Å². The Morgan fingerprint density at radius 2 is 1.29 bits per heavy atom. The van der Waals surface area contributed by atoms with E-state index in [1.165, 1.54) is 12.8 Å². The molecule has 122 valence electrons. The lowest BCUT2D eigenvalue weighted by Crippen LogP contribution is -2.14. The van der Waals surface area contributed by atoms with Crippen molar-refractivity contribution in [3.8, 4) is 23.7 Å². The summed E-state index contributed by atoms with van der Waals surface area (Å²) in [5, 5.41) is 6.83. The van der Waals surface area contributed by atoms with E-state index in [4.69, 9.17) is 0 Å². The second-order valence-corrected chi connectivity index (χ2v) is 6.16. The van der Waals surface area contributed by atoms with Crippen LogP contribution in [0.4, 0.5) is 0 Å². The maximum Gasteiger partial charge on any atom is 0.124 e. The third-order valence-electron chi connectivity index (χ3n) is 4.43. The second-order valence-electron chi connectivity index (χ2n) is 6.16. The van der Waals surface area contributed by atoms with Gasteiger partial charge in [-0.1, -0.05) is 0 Å². The summed E-state index contributed by atoms with van der Waals surface area (Å²) in [4.78, 5) is 15.3. The molecule has 4 N–H and O–H groups in total. The van der Waals surface area contributed by atoms with Crippen molar-refractivity contribution in [2.45, 2.75) is 37.8 Å². The van der Waals surface area contributed by atoms with E-state index in [0.717, 1.165) is 49.0 Å². The van der Waals surface area contributed by atoms with Crippen molar-refractivity contribution in [3.63, 3.8) is 0 Å². The van der Waals surface area contributed by atoms with Gasteiger partial charge in [-0.3, -0.25) is 0 Å². The predicted octanol–water partition coefficient (Wildman–Crippen LogP) is 1.39. The van der Waals surface area contributed by atoms with E-state index < -0.39 is 0 Å². The van der Waals surface area contributed by atoms with E-state index in [0.29, 0.717) is 12.1 Å². The first-order valence-electron chi connectivity index (χ1n) is 8.47. The molecule has 0 aromatic carbocycles. The molecule has 0 aliphatic carbocycles. The minimum atomic E-state index is 0.333. The van der Waals surface area contributed by atoms with Gasteiger partial charge in [-0.25, -0.2) is 9.97 Å². The topological polar surface area (TPSA) is 81.4 Å². The zero-order valence-electron chi connectivity index (χ0n) is 13.4. The fraction of sp³-hybridized carbons (Fsp3) is 0.444. The molecule has 2 unspecified atom stereocenters. The molecule has 2 atom stereocenters. The number of H-pyrrole nitrogens is 2. The molecule has 2 fully saturated rings. The third-order valence-corrected chi connectivity index (χ3v) is 4.43. The molecule has 2 aliphatic heterocycles. The molecule has 0 spiro atoms. The quantitative estimate of drug-likeness (QED) is 0.630. The van der Waals surface area contributed by atoms with Gasteiger partial charge in [0.1, 0.15) is 23.0 Å². The number of hydrogen-bond acceptors (Lipinski definition) is 4. The van der Waals surface area contributed by atoms with Gasteiger partial charge in [0.25, 0.3) is 0 Å². The highest BCUT2D eigenvalue weighted by Crippen LogP contribution is 2.20. The Morgan fingerprint density at radius 3 is 1.71 bits per heavy atom. The van der Waals surface area contributed by atoms with Gasteiger partial charge in [-0.2, -0.15) is 0 Å². The Labute approximate surface area is 141 Å². The van der Waals surface area contributed by atoms with Gasteiger partial charge in [-0.15, -0.1) is 0 Å². The Kier molecular flexibility index (Phi) is 4.33. The first kappa shape index (κ1) is 15.0. The average molecular weight is 320 g/mol. The van der Waals surface area contributed by atoms with Gasteiger partial charge in [0.15, 0.2) is 0 Å². The van der Waals surface area contributed by atoms with Crippen molar-refractivity contribution < 1.29 is 0 Å². The Bertz CT molecular complexity index is 743. The molecule has 2 aromatic rings. The lowest BCUT2D eigenvalue weighted by atomic mass is 10.2. The van der Waals surface area contributed by atoms with E-state index in [9.17, 15) is 0 Å². The van der Waals surface area contributed by atoms with Crippen molar-refractivity contribution in [1.29, 1.82) is 0 Å². The summed E-state index contributed by atoms with van der Waals surface area (Å²) < 4.78 is 0. The fourth-order valence-electron chi connectivity index (χ4n) is 3.19. The Hall–Kier alpha value is -2.54. The van der Waals surface area contributed by atoms with Crippen LogP contribution in [0.5, 0.6) is 0 Å². The molecule has 4 rings (SSSR count). The number of rotatable bonds is 2. The van der Waals surface area contributed by atoms with Crippen LogP contribution >= 0.6 is 0 Å². The highest BCUT2D eigenvalue weighted by Gasteiger charge is 2.19. The number of aromatic amines is 2. The van der Waals surface area contributed by atoms with Crippen LogP contribution in [0.25, 0.3) is 0 Å². The molecule has 6 heteroatoms. The summed E-state index contributed by atoms with van der Waals surface area (Å²) >= 11 is 0. The predicted molar refractivity (Wildman–Crippen MR) is 90.9 cm³/mol. The van der Waals surface area contributed by atoms with Gasteiger partial charge < -0.3 is 20.6 Å². The highest BCUT2D eigenvalue weighted by molar-refractivity contribution is 5.40. The minimum absolute atomic E-state index is 0.333. The van der Waals surface area contributed by atoms with Crippen molar-refractivity contribution >= 4 is 0 Å². The van der Waals surface area contributed by atoms with E-state index in [2.05, 4.69) is 54.3 Å². The first-order chi connectivity index (χ1) is 11.9. The van der Waals surface area contributed by atoms with E-state index in [1.54, 1.807) is 12.4 Å². The molecule has 6 nitrogen and oxygen atoms in total. The van der Waals surface area contributed by atoms with Crippen LogP contribution in [-0.4, -0.2) is 33.0 Å². The molecule has 0 saturated carbocycles. The molecule has 0 bridgehead atoms. The number of nitrogens with one attached hydrogen (secondary N) is 4. The molecule has 24 heavy (non-hydrogen) atoms. The summed E-state index contributed by atoms with van der Waals surface area (Å²) in [7, 11) is 0. The second kappa shape index (κ2) is 6.92. The van der Waals surface area contributed by atoms with Crippen LogP contribution in [0.3, 0.4) is 0 Å². The van der Waals surface area contributed by atoms with Crippen LogP contribution in [-0.2, 0) is 0 Å². The summed E-state index contributed by atoms with van der Waals surface area (Å²) in [6.07, 6.45) is 8.17. The highest BCUT2D eigenvalue weighted by atomic mass is 15.0. The first-order valence-corrected chi connectivity index (χ1v) is 8.47. The zero-order chi connectivity index (χ0) is 16.2. The van der Waals surface area contributed by atoms with Gasteiger partial charge in [-0.05, 0) is 62.5 Å². The lowest BCUT2D eigenvalue weighted by Gasteiger charge is -2.04. The maximum absolute atomic E-state index is 4.39. The van der Waals surface area contributed by atoms with Gasteiger partial charge in [0.2, 0.25) is 0 Å². The Balaban J connectivity index is 1.39. The van der Waals surface area contributed by atoms with Crippen LogP contribution < -0.4 is 10.6 Å². The summed E-state index contributed by atoms with van der Waals surface area (Å²) in [5.41, 5.74) is 1.60. The summed E-state index contributed by atoms with van der Waals surface area (Å²) in [6, 6.07) is 0.665. The van der Waals surface area contributed by atoms with E-state index >= 15 is 0 Å². The number of imidazole rings is 2. The molecule has 0 amide bonds. The molecular formula is C18H20N6. The van der Waals surface area contributed by atoms with E-state index in [-0.39, 0.29) is 0 Å². The van der Waals surface area contributed by atoms with Crippen molar-refractivity contribution in [2.75, 3.05) is 13.1 Å². The average Bonchev–Trinajstić information content (AvgIpc) is 3.40. The Morgan fingerprint density at radius 1 is 0.792 bits per heavy atom. The van der Waals surface area contributed by atoms with Crippen molar-refractivity contribution in [3.05, 3.63) is 35.4 Å². The van der Waals surface area contributed by atoms with Gasteiger partial charge in [0.05, 0.1) is 24.5 Å². The SMILES string of the molecule is C(C#Cc1cnc(C2CCCN2)[nH]1)#Cc1cnc(C2CCCN2)[nH]1. The standard InChI is InChI=1S/C18H20N6/c1(5-13-11-21-17(23-13)15-7-3-9-19-15)2-6-14-12-22-18(24-14)16-8-4-10-20-16/h11-12,15-16,19-20H,3-4,7-10H2,(H,21,23)(H,22,24). The number of nitrogens with zero attached hydrogens (tertiary/aromatic N) is 2. The summed E-state index contributed by atoms with van der Waals surface area (Å²) in [6.45, 7) is 2.11. The molecule has 2 aliphatic rings. The van der Waals surface area contributed by atoms with E-state index in [1.807, 2.05) is 0 Å². The normalized spacial score (nSPS) is 22.7. The number of hydrogen-bond donors (Lipinski definition) is 4. The molecule has 0 radical (unpaired) electrons. The smallest absolute Gasteiger partial charge is 0.124 e. The van der Waals surface area contributed by atoms with Crippen LogP contribution in [0.15, 0.2) is 12.4 Å². The van der Waals surface area contributed by atoms with Crippen molar-refractivity contribution in [1.82, 2.24) is 30.6 Å². The maximum atomic E-state index is 4.39. The third kappa shape index (κ3) is 3.35. The molecule has 2 saturated heterocycles.